The normalized spacial score (nSPS) is 10.3. The summed E-state index contributed by atoms with van der Waals surface area (Å²) < 4.78 is 0. The largest absolute Gasteiger partial charge is 0.478 e. The molecule has 94 valence electrons. The molecule has 18 heavy (non-hydrogen) atoms. The Morgan fingerprint density at radius 3 is 2.89 bits per heavy atom. The molecule has 0 saturated heterocycles. The number of nitrogens with one attached hydrogen (secondary N) is 1. The summed E-state index contributed by atoms with van der Waals surface area (Å²) in [6.45, 7) is 2.04. The Morgan fingerprint density at radius 1 is 1.56 bits per heavy atom. The number of carboxylic acid groups (broad SMARTS) is 1. The fraction of sp³-hybridized carbons (Fsp3) is 0.167. The lowest BCUT2D eigenvalue weighted by molar-refractivity contribution is 0.0697. The van der Waals surface area contributed by atoms with Gasteiger partial charge < -0.3 is 10.4 Å². The van der Waals surface area contributed by atoms with Crippen LogP contribution in [0.2, 0.25) is 5.02 Å². The van der Waals surface area contributed by atoms with Crippen molar-refractivity contribution in [2.45, 2.75) is 13.3 Å². The molecule has 0 aliphatic heterocycles. The SMILES string of the molecule is CCc1csc(Nc2ccc(C(=O)O)c(Cl)c2)n1. The van der Waals surface area contributed by atoms with Gasteiger partial charge in [0.05, 0.1) is 16.3 Å². The second kappa shape index (κ2) is 5.37. The van der Waals surface area contributed by atoms with Gasteiger partial charge in [-0.3, -0.25) is 0 Å². The molecule has 0 unspecified atom stereocenters. The maximum absolute atomic E-state index is 10.8. The summed E-state index contributed by atoms with van der Waals surface area (Å²) in [7, 11) is 0. The second-order valence-electron chi connectivity index (χ2n) is 3.62. The molecule has 1 aromatic heterocycles. The number of carboxylic acids is 1. The Bertz CT molecular complexity index is 583. The summed E-state index contributed by atoms with van der Waals surface area (Å²) in [6, 6.07) is 4.72. The Morgan fingerprint density at radius 2 is 2.33 bits per heavy atom. The van der Waals surface area contributed by atoms with Crippen molar-refractivity contribution >= 4 is 39.7 Å². The van der Waals surface area contributed by atoms with Gasteiger partial charge in [0.1, 0.15) is 0 Å². The quantitative estimate of drug-likeness (QED) is 0.895. The first-order chi connectivity index (χ1) is 8.60. The molecule has 0 bridgehead atoms. The molecule has 0 saturated carbocycles. The fourth-order valence-electron chi connectivity index (χ4n) is 1.42. The minimum absolute atomic E-state index is 0.0932. The molecular formula is C12H11ClN2O2S. The summed E-state index contributed by atoms with van der Waals surface area (Å²) in [6.07, 6.45) is 0.886. The number of hydrogen-bond acceptors (Lipinski definition) is 4. The predicted molar refractivity (Wildman–Crippen MR) is 73.2 cm³/mol. The number of hydrogen-bond donors (Lipinski definition) is 2. The lowest BCUT2D eigenvalue weighted by Gasteiger charge is -2.04. The number of nitrogens with zero attached hydrogens (tertiary/aromatic N) is 1. The minimum Gasteiger partial charge on any atom is -0.478 e. The lowest BCUT2D eigenvalue weighted by atomic mass is 10.2. The molecule has 1 aromatic carbocycles. The highest BCUT2D eigenvalue weighted by Gasteiger charge is 2.09. The van der Waals surface area contributed by atoms with Crippen LogP contribution in [0.1, 0.15) is 23.0 Å². The third-order valence-corrected chi connectivity index (χ3v) is 3.48. The number of benzene rings is 1. The summed E-state index contributed by atoms with van der Waals surface area (Å²) in [5.74, 6) is -1.03. The molecule has 0 aliphatic rings. The Kier molecular flexibility index (Phi) is 3.84. The van der Waals surface area contributed by atoms with Gasteiger partial charge in [-0.2, -0.15) is 0 Å². The van der Waals surface area contributed by atoms with Crippen LogP contribution in [-0.2, 0) is 6.42 Å². The van der Waals surface area contributed by atoms with Crippen LogP contribution >= 0.6 is 22.9 Å². The van der Waals surface area contributed by atoms with E-state index in [4.69, 9.17) is 16.7 Å². The van der Waals surface area contributed by atoms with Crippen molar-refractivity contribution in [3.05, 3.63) is 39.9 Å². The fourth-order valence-corrected chi connectivity index (χ4v) is 2.49. The van der Waals surface area contributed by atoms with Gasteiger partial charge in [0.25, 0.3) is 0 Å². The third-order valence-electron chi connectivity index (χ3n) is 2.36. The average Bonchev–Trinajstić information content (AvgIpc) is 2.76. The van der Waals surface area contributed by atoms with E-state index in [2.05, 4.69) is 10.3 Å². The zero-order valence-corrected chi connectivity index (χ0v) is 11.2. The standard InChI is InChI=1S/C12H11ClN2O2S/c1-2-7-6-18-12(14-7)15-8-3-4-9(11(16)17)10(13)5-8/h3-6H,2H2,1H3,(H,14,15)(H,16,17). The van der Waals surface area contributed by atoms with E-state index in [1.165, 1.54) is 17.4 Å². The first kappa shape index (κ1) is 12.9. The van der Waals surface area contributed by atoms with E-state index in [1.807, 2.05) is 12.3 Å². The van der Waals surface area contributed by atoms with Gasteiger partial charge in [-0.15, -0.1) is 11.3 Å². The maximum Gasteiger partial charge on any atom is 0.337 e. The number of aromatic nitrogens is 1. The van der Waals surface area contributed by atoms with E-state index < -0.39 is 5.97 Å². The highest BCUT2D eigenvalue weighted by Crippen LogP contribution is 2.25. The number of aromatic carboxylic acids is 1. The highest BCUT2D eigenvalue weighted by molar-refractivity contribution is 7.13. The molecule has 0 spiro atoms. The molecule has 0 aliphatic carbocycles. The zero-order valence-electron chi connectivity index (χ0n) is 9.61. The molecule has 2 N–H and O–H groups in total. The summed E-state index contributed by atoms with van der Waals surface area (Å²) in [5.41, 5.74) is 1.84. The molecule has 2 rings (SSSR count). The Balaban J connectivity index is 2.19. The van der Waals surface area contributed by atoms with Gasteiger partial charge in [0.2, 0.25) is 0 Å². The molecule has 4 nitrogen and oxygen atoms in total. The third kappa shape index (κ3) is 2.80. The van der Waals surface area contributed by atoms with E-state index in [-0.39, 0.29) is 10.6 Å². The van der Waals surface area contributed by atoms with E-state index in [0.29, 0.717) is 0 Å². The molecule has 0 atom stereocenters. The summed E-state index contributed by atoms with van der Waals surface area (Å²) in [4.78, 5) is 15.2. The predicted octanol–water partition coefficient (Wildman–Crippen LogP) is 3.80. The second-order valence-corrected chi connectivity index (χ2v) is 4.89. The van der Waals surface area contributed by atoms with Gasteiger partial charge in [0, 0.05) is 11.1 Å². The van der Waals surface area contributed by atoms with Crippen molar-refractivity contribution < 1.29 is 9.90 Å². The van der Waals surface area contributed by atoms with Crippen LogP contribution < -0.4 is 5.32 Å². The molecule has 0 amide bonds. The lowest BCUT2D eigenvalue weighted by Crippen LogP contribution is -1.98. The summed E-state index contributed by atoms with van der Waals surface area (Å²) in [5, 5.41) is 14.9. The molecule has 2 aromatic rings. The number of halogens is 1. The van der Waals surface area contributed by atoms with Crippen LogP contribution in [0.4, 0.5) is 10.8 Å². The first-order valence-corrected chi connectivity index (χ1v) is 6.60. The van der Waals surface area contributed by atoms with E-state index in [0.717, 1.165) is 22.9 Å². The number of aryl methyl sites for hydroxylation is 1. The van der Waals surface area contributed by atoms with Crippen LogP contribution in [0.25, 0.3) is 0 Å². The average molecular weight is 283 g/mol. The van der Waals surface area contributed by atoms with Crippen LogP contribution in [0.5, 0.6) is 0 Å². The first-order valence-electron chi connectivity index (χ1n) is 5.34. The van der Waals surface area contributed by atoms with Crippen molar-refractivity contribution in [1.82, 2.24) is 4.98 Å². The minimum atomic E-state index is -1.03. The zero-order chi connectivity index (χ0) is 13.1. The number of thiazole rings is 1. The van der Waals surface area contributed by atoms with Gasteiger partial charge in [-0.1, -0.05) is 18.5 Å². The van der Waals surface area contributed by atoms with Crippen molar-refractivity contribution in [1.29, 1.82) is 0 Å². The van der Waals surface area contributed by atoms with Crippen LogP contribution in [0.3, 0.4) is 0 Å². The van der Waals surface area contributed by atoms with Crippen LogP contribution in [0, 0.1) is 0 Å². The number of carbonyl (C=O) groups is 1. The van der Waals surface area contributed by atoms with Gasteiger partial charge in [-0.05, 0) is 24.6 Å². The molecule has 0 radical (unpaired) electrons. The molecular weight excluding hydrogens is 272 g/mol. The van der Waals surface area contributed by atoms with Gasteiger partial charge >= 0.3 is 5.97 Å². The van der Waals surface area contributed by atoms with E-state index in [1.54, 1.807) is 12.1 Å². The molecule has 6 heteroatoms. The van der Waals surface area contributed by atoms with Crippen molar-refractivity contribution in [3.63, 3.8) is 0 Å². The van der Waals surface area contributed by atoms with Gasteiger partial charge in [-0.25, -0.2) is 9.78 Å². The maximum atomic E-state index is 10.8. The monoisotopic (exact) mass is 282 g/mol. The topological polar surface area (TPSA) is 62.2 Å². The number of rotatable bonds is 4. The van der Waals surface area contributed by atoms with E-state index >= 15 is 0 Å². The Hall–Kier alpha value is -1.59. The van der Waals surface area contributed by atoms with Crippen LogP contribution in [0.15, 0.2) is 23.6 Å². The Labute approximate surface area is 113 Å². The van der Waals surface area contributed by atoms with Crippen LogP contribution in [-0.4, -0.2) is 16.1 Å². The molecule has 0 fully saturated rings. The van der Waals surface area contributed by atoms with Gasteiger partial charge in [0.15, 0.2) is 5.13 Å². The highest BCUT2D eigenvalue weighted by atomic mass is 35.5. The summed E-state index contributed by atoms with van der Waals surface area (Å²) >= 11 is 7.39. The number of anilines is 2. The molecule has 1 heterocycles. The van der Waals surface area contributed by atoms with Crippen molar-refractivity contribution in [2.75, 3.05) is 5.32 Å². The van der Waals surface area contributed by atoms with Crippen molar-refractivity contribution in [3.8, 4) is 0 Å². The smallest absolute Gasteiger partial charge is 0.337 e. The van der Waals surface area contributed by atoms with Crippen molar-refractivity contribution in [2.24, 2.45) is 0 Å². The van der Waals surface area contributed by atoms with E-state index in [9.17, 15) is 4.79 Å².